The van der Waals surface area contributed by atoms with E-state index in [9.17, 15) is 4.79 Å². The standard InChI is InChI=1S/C17H22N2O2/c1-3-18-8-10-19(11-9-18)17(21)16-13-15(5-4-12-20)7-6-14(16)2/h6-7,13,20H,3,8-12H2,1-2H3. The molecule has 1 heterocycles. The minimum Gasteiger partial charge on any atom is -0.384 e. The zero-order valence-corrected chi connectivity index (χ0v) is 12.7. The number of amides is 1. The summed E-state index contributed by atoms with van der Waals surface area (Å²) in [5.41, 5.74) is 2.45. The molecule has 0 spiro atoms. The smallest absolute Gasteiger partial charge is 0.254 e. The van der Waals surface area contributed by atoms with Gasteiger partial charge in [-0.05, 0) is 31.2 Å². The van der Waals surface area contributed by atoms with Gasteiger partial charge >= 0.3 is 0 Å². The molecular formula is C17H22N2O2. The maximum Gasteiger partial charge on any atom is 0.254 e. The maximum absolute atomic E-state index is 12.7. The molecule has 0 bridgehead atoms. The summed E-state index contributed by atoms with van der Waals surface area (Å²) in [6.45, 7) is 8.38. The van der Waals surface area contributed by atoms with Crippen molar-refractivity contribution in [2.45, 2.75) is 13.8 Å². The average Bonchev–Trinajstić information content (AvgIpc) is 2.53. The zero-order chi connectivity index (χ0) is 15.2. The molecule has 1 amide bonds. The lowest BCUT2D eigenvalue weighted by Crippen LogP contribution is -2.48. The molecule has 1 aliphatic heterocycles. The van der Waals surface area contributed by atoms with Crippen LogP contribution in [-0.4, -0.2) is 60.1 Å². The Bertz CT molecular complexity index is 564. The number of piperazine rings is 1. The third-order valence-corrected chi connectivity index (χ3v) is 3.89. The van der Waals surface area contributed by atoms with Gasteiger partial charge in [0.15, 0.2) is 0 Å². The summed E-state index contributed by atoms with van der Waals surface area (Å²) in [6.07, 6.45) is 0. The first kappa shape index (κ1) is 15.6. The van der Waals surface area contributed by atoms with Crippen molar-refractivity contribution in [1.29, 1.82) is 0 Å². The molecule has 1 N–H and O–H groups in total. The lowest BCUT2D eigenvalue weighted by Gasteiger charge is -2.34. The molecule has 0 radical (unpaired) electrons. The molecule has 0 saturated carbocycles. The second-order valence-electron chi connectivity index (χ2n) is 5.22. The normalized spacial score (nSPS) is 15.5. The van der Waals surface area contributed by atoms with Crippen LogP contribution in [-0.2, 0) is 0 Å². The molecule has 0 aliphatic carbocycles. The number of aliphatic hydroxyl groups excluding tert-OH is 1. The van der Waals surface area contributed by atoms with Gasteiger partial charge in [-0.1, -0.05) is 24.8 Å². The van der Waals surface area contributed by atoms with Crippen LogP contribution >= 0.6 is 0 Å². The van der Waals surface area contributed by atoms with E-state index in [4.69, 9.17) is 5.11 Å². The molecule has 4 nitrogen and oxygen atoms in total. The Morgan fingerprint density at radius 1 is 1.29 bits per heavy atom. The van der Waals surface area contributed by atoms with Gasteiger partial charge in [0.05, 0.1) is 0 Å². The summed E-state index contributed by atoms with van der Waals surface area (Å²) in [6, 6.07) is 5.62. The van der Waals surface area contributed by atoms with Gasteiger partial charge in [0.25, 0.3) is 5.91 Å². The molecule has 0 atom stereocenters. The van der Waals surface area contributed by atoms with E-state index in [1.54, 1.807) is 0 Å². The van der Waals surface area contributed by atoms with Crippen LogP contribution in [0.4, 0.5) is 0 Å². The Morgan fingerprint density at radius 3 is 2.62 bits per heavy atom. The highest BCUT2D eigenvalue weighted by molar-refractivity contribution is 5.96. The molecule has 1 saturated heterocycles. The van der Waals surface area contributed by atoms with Crippen molar-refractivity contribution in [3.63, 3.8) is 0 Å². The van der Waals surface area contributed by atoms with Crippen LogP contribution in [0.15, 0.2) is 18.2 Å². The first-order valence-corrected chi connectivity index (χ1v) is 7.37. The summed E-state index contributed by atoms with van der Waals surface area (Å²) < 4.78 is 0. The minimum atomic E-state index is -0.171. The number of carbonyl (C=O) groups excluding carboxylic acids is 1. The number of hydrogen-bond donors (Lipinski definition) is 1. The Hall–Kier alpha value is -1.83. The molecule has 1 aliphatic rings. The van der Waals surface area contributed by atoms with E-state index >= 15 is 0 Å². The highest BCUT2D eigenvalue weighted by Crippen LogP contribution is 2.15. The van der Waals surface area contributed by atoms with Gasteiger partial charge in [-0.3, -0.25) is 4.79 Å². The second-order valence-corrected chi connectivity index (χ2v) is 5.22. The van der Waals surface area contributed by atoms with Crippen LogP contribution in [0.5, 0.6) is 0 Å². The van der Waals surface area contributed by atoms with Crippen LogP contribution in [0.3, 0.4) is 0 Å². The molecule has 21 heavy (non-hydrogen) atoms. The maximum atomic E-state index is 12.7. The minimum absolute atomic E-state index is 0.0795. The number of hydrogen-bond acceptors (Lipinski definition) is 3. The van der Waals surface area contributed by atoms with E-state index in [1.165, 1.54) is 0 Å². The molecule has 1 fully saturated rings. The highest BCUT2D eigenvalue weighted by atomic mass is 16.2. The van der Waals surface area contributed by atoms with Gasteiger partial charge in [-0.25, -0.2) is 0 Å². The summed E-state index contributed by atoms with van der Waals surface area (Å²) in [4.78, 5) is 16.9. The molecule has 4 heteroatoms. The van der Waals surface area contributed by atoms with Crippen LogP contribution in [0, 0.1) is 18.8 Å². The quantitative estimate of drug-likeness (QED) is 0.829. The molecule has 0 unspecified atom stereocenters. The highest BCUT2D eigenvalue weighted by Gasteiger charge is 2.22. The summed E-state index contributed by atoms with van der Waals surface area (Å²) in [5, 5.41) is 8.76. The molecule has 1 aromatic carbocycles. The first-order valence-electron chi connectivity index (χ1n) is 7.37. The van der Waals surface area contributed by atoms with Gasteiger partial charge in [0.2, 0.25) is 0 Å². The summed E-state index contributed by atoms with van der Waals surface area (Å²) in [5.74, 6) is 5.55. The van der Waals surface area contributed by atoms with Crippen molar-refractivity contribution in [1.82, 2.24) is 9.80 Å². The SMILES string of the molecule is CCN1CCN(C(=O)c2cc(C#CCO)ccc2C)CC1. The number of aryl methyl sites for hydroxylation is 1. The van der Waals surface area contributed by atoms with Crippen molar-refractivity contribution < 1.29 is 9.90 Å². The number of likely N-dealkylation sites (N-methyl/N-ethyl adjacent to an activating group) is 1. The monoisotopic (exact) mass is 286 g/mol. The van der Waals surface area contributed by atoms with Crippen molar-refractivity contribution in [3.8, 4) is 11.8 Å². The molecular weight excluding hydrogens is 264 g/mol. The van der Waals surface area contributed by atoms with E-state index in [0.29, 0.717) is 5.56 Å². The van der Waals surface area contributed by atoms with Crippen LogP contribution < -0.4 is 0 Å². The van der Waals surface area contributed by atoms with Crippen molar-refractivity contribution in [2.75, 3.05) is 39.3 Å². The lowest BCUT2D eigenvalue weighted by molar-refractivity contribution is 0.0642. The fourth-order valence-electron chi connectivity index (χ4n) is 2.51. The summed E-state index contributed by atoms with van der Waals surface area (Å²) >= 11 is 0. The predicted molar refractivity (Wildman–Crippen MR) is 83.2 cm³/mol. The van der Waals surface area contributed by atoms with Crippen LogP contribution in [0.25, 0.3) is 0 Å². The molecule has 2 rings (SSSR count). The topological polar surface area (TPSA) is 43.8 Å². The summed E-state index contributed by atoms with van der Waals surface area (Å²) in [7, 11) is 0. The Morgan fingerprint density at radius 2 is 2.00 bits per heavy atom. The van der Waals surface area contributed by atoms with Crippen molar-refractivity contribution in [3.05, 3.63) is 34.9 Å². The Labute approximate surface area is 126 Å². The van der Waals surface area contributed by atoms with E-state index in [1.807, 2.05) is 30.0 Å². The van der Waals surface area contributed by atoms with E-state index in [-0.39, 0.29) is 12.5 Å². The zero-order valence-electron chi connectivity index (χ0n) is 12.7. The van der Waals surface area contributed by atoms with Crippen LogP contribution in [0.1, 0.15) is 28.4 Å². The number of rotatable bonds is 2. The largest absolute Gasteiger partial charge is 0.384 e. The number of benzene rings is 1. The van der Waals surface area contributed by atoms with Crippen molar-refractivity contribution in [2.24, 2.45) is 0 Å². The van der Waals surface area contributed by atoms with E-state index < -0.39 is 0 Å². The molecule has 112 valence electrons. The van der Waals surface area contributed by atoms with Gasteiger partial charge in [-0.15, -0.1) is 0 Å². The molecule has 1 aromatic rings. The van der Waals surface area contributed by atoms with Crippen LogP contribution in [0.2, 0.25) is 0 Å². The fourth-order valence-corrected chi connectivity index (χ4v) is 2.51. The second kappa shape index (κ2) is 7.26. The first-order chi connectivity index (χ1) is 10.2. The third-order valence-electron chi connectivity index (χ3n) is 3.89. The molecule has 0 aromatic heterocycles. The Balaban J connectivity index is 2.15. The van der Waals surface area contributed by atoms with Gasteiger partial charge in [0, 0.05) is 37.3 Å². The van der Waals surface area contributed by atoms with Gasteiger partial charge in [0.1, 0.15) is 6.61 Å². The van der Waals surface area contributed by atoms with Gasteiger partial charge in [-0.2, -0.15) is 0 Å². The number of aliphatic hydroxyl groups is 1. The van der Waals surface area contributed by atoms with E-state index in [2.05, 4.69) is 23.7 Å². The predicted octanol–water partition coefficient (Wildman–Crippen LogP) is 1.12. The third kappa shape index (κ3) is 3.84. The fraction of sp³-hybridized carbons (Fsp3) is 0.471. The average molecular weight is 286 g/mol. The number of carbonyl (C=O) groups is 1. The Kier molecular flexibility index (Phi) is 5.38. The lowest BCUT2D eigenvalue weighted by atomic mass is 10.0. The number of nitrogens with zero attached hydrogens (tertiary/aromatic N) is 2. The van der Waals surface area contributed by atoms with Gasteiger partial charge < -0.3 is 14.9 Å². The van der Waals surface area contributed by atoms with E-state index in [0.717, 1.165) is 43.9 Å². The van der Waals surface area contributed by atoms with Crippen molar-refractivity contribution >= 4 is 5.91 Å².